The van der Waals surface area contributed by atoms with Crippen LogP contribution < -0.4 is 10.6 Å². The van der Waals surface area contributed by atoms with Gasteiger partial charge in [0.05, 0.1) is 6.10 Å². The van der Waals surface area contributed by atoms with E-state index >= 15 is 0 Å². The maximum atomic E-state index is 5.85. The molecule has 0 radical (unpaired) electrons. The van der Waals surface area contributed by atoms with Gasteiger partial charge in [-0.2, -0.15) is 0 Å². The van der Waals surface area contributed by atoms with Gasteiger partial charge in [0, 0.05) is 32.9 Å². The van der Waals surface area contributed by atoms with E-state index < -0.39 is 0 Å². The highest BCUT2D eigenvalue weighted by Gasteiger charge is 2.14. The van der Waals surface area contributed by atoms with E-state index in [9.17, 15) is 0 Å². The van der Waals surface area contributed by atoms with Gasteiger partial charge in [0.25, 0.3) is 0 Å². The van der Waals surface area contributed by atoms with Crippen molar-refractivity contribution in [3.8, 4) is 0 Å². The molecule has 0 spiro atoms. The van der Waals surface area contributed by atoms with Gasteiger partial charge in [-0.15, -0.1) is 24.0 Å². The van der Waals surface area contributed by atoms with E-state index in [2.05, 4.69) is 20.6 Å². The predicted octanol–water partition coefficient (Wildman–Crippen LogP) is 3.41. The molecule has 1 saturated carbocycles. The van der Waals surface area contributed by atoms with Crippen molar-refractivity contribution >= 4 is 41.5 Å². The van der Waals surface area contributed by atoms with E-state index in [-0.39, 0.29) is 24.0 Å². The highest BCUT2D eigenvalue weighted by molar-refractivity contribution is 14.0. The van der Waals surface area contributed by atoms with Crippen LogP contribution in [0, 0.1) is 0 Å². The van der Waals surface area contributed by atoms with E-state index in [1.54, 1.807) is 13.2 Å². The zero-order valence-electron chi connectivity index (χ0n) is 14.3. The van der Waals surface area contributed by atoms with Crippen molar-refractivity contribution in [3.63, 3.8) is 0 Å². The zero-order valence-corrected chi connectivity index (χ0v) is 17.3. The summed E-state index contributed by atoms with van der Waals surface area (Å²) in [6.07, 6.45) is 9.30. The van der Waals surface area contributed by atoms with Crippen LogP contribution in [0.15, 0.2) is 23.3 Å². The molecule has 2 N–H and O–H groups in total. The van der Waals surface area contributed by atoms with Crippen molar-refractivity contribution in [2.45, 2.75) is 44.6 Å². The average Bonchev–Trinajstić information content (AvgIpc) is 3.08. The molecule has 1 heterocycles. The molecule has 0 amide bonds. The highest BCUT2D eigenvalue weighted by Crippen LogP contribution is 2.20. The fraction of sp³-hybridized carbons (Fsp3) is 0.647. The first kappa shape index (κ1) is 21.4. The summed E-state index contributed by atoms with van der Waals surface area (Å²) >= 11 is 5.78. The summed E-state index contributed by atoms with van der Waals surface area (Å²) in [6, 6.07) is 3.81. The number of nitrogens with zero attached hydrogens (tertiary/aromatic N) is 2. The van der Waals surface area contributed by atoms with Crippen molar-refractivity contribution in [3.05, 3.63) is 29.0 Å². The Morgan fingerprint density at radius 1 is 1.29 bits per heavy atom. The van der Waals surface area contributed by atoms with Crippen LogP contribution in [0.25, 0.3) is 0 Å². The molecule has 0 atom stereocenters. The third-order valence-electron chi connectivity index (χ3n) is 3.99. The third kappa shape index (κ3) is 8.48. The van der Waals surface area contributed by atoms with E-state index in [0.717, 1.165) is 44.1 Å². The number of hydrogen-bond donors (Lipinski definition) is 2. The second kappa shape index (κ2) is 12.7. The molecule has 0 saturated heterocycles. The fourth-order valence-corrected chi connectivity index (χ4v) is 2.80. The van der Waals surface area contributed by atoms with Crippen molar-refractivity contribution in [1.29, 1.82) is 0 Å². The lowest BCUT2D eigenvalue weighted by molar-refractivity contribution is 0.0574. The van der Waals surface area contributed by atoms with Crippen molar-refractivity contribution < 1.29 is 4.74 Å². The lowest BCUT2D eigenvalue weighted by Gasteiger charge is -2.13. The predicted molar refractivity (Wildman–Crippen MR) is 111 cm³/mol. The molecule has 1 aliphatic carbocycles. The molecule has 24 heavy (non-hydrogen) atoms. The van der Waals surface area contributed by atoms with Crippen LogP contribution in [0.5, 0.6) is 0 Å². The highest BCUT2D eigenvalue weighted by atomic mass is 127. The number of guanidine groups is 1. The lowest BCUT2D eigenvalue weighted by Crippen LogP contribution is -2.39. The first-order chi connectivity index (χ1) is 11.3. The van der Waals surface area contributed by atoms with Gasteiger partial charge in [0.1, 0.15) is 5.15 Å². The number of pyridine rings is 1. The van der Waals surface area contributed by atoms with Crippen LogP contribution in [-0.4, -0.2) is 43.8 Å². The molecule has 0 aromatic carbocycles. The smallest absolute Gasteiger partial charge is 0.190 e. The Balaban J connectivity index is 0.00000288. The number of rotatable bonds is 8. The summed E-state index contributed by atoms with van der Waals surface area (Å²) in [5.74, 6) is 0.827. The van der Waals surface area contributed by atoms with E-state index in [1.807, 2.05) is 12.1 Å². The number of ether oxygens (including phenoxy) is 1. The molecule has 136 valence electrons. The molecule has 0 bridgehead atoms. The van der Waals surface area contributed by atoms with Gasteiger partial charge in [-0.05, 0) is 37.3 Å². The van der Waals surface area contributed by atoms with Crippen LogP contribution >= 0.6 is 35.6 Å². The molecule has 2 rings (SSSR count). The maximum Gasteiger partial charge on any atom is 0.190 e. The average molecular weight is 467 g/mol. The minimum Gasteiger partial charge on any atom is -0.378 e. The largest absolute Gasteiger partial charge is 0.378 e. The van der Waals surface area contributed by atoms with Crippen LogP contribution in [0.3, 0.4) is 0 Å². The quantitative estimate of drug-likeness (QED) is 0.203. The Bertz CT molecular complexity index is 478. The Kier molecular flexibility index (Phi) is 11.4. The van der Waals surface area contributed by atoms with Gasteiger partial charge in [0.2, 0.25) is 0 Å². The van der Waals surface area contributed by atoms with Crippen LogP contribution in [0.4, 0.5) is 0 Å². The number of aromatic nitrogens is 1. The van der Waals surface area contributed by atoms with Gasteiger partial charge >= 0.3 is 0 Å². The maximum absolute atomic E-state index is 5.85. The monoisotopic (exact) mass is 466 g/mol. The van der Waals surface area contributed by atoms with Gasteiger partial charge in [-0.1, -0.05) is 30.5 Å². The SMILES string of the molecule is CN=C(NCCCOC1CCCC1)NCCc1ccc(Cl)nc1.I. The van der Waals surface area contributed by atoms with E-state index in [0.29, 0.717) is 11.3 Å². The van der Waals surface area contributed by atoms with Crippen LogP contribution in [-0.2, 0) is 11.2 Å². The number of hydrogen-bond acceptors (Lipinski definition) is 3. The second-order valence-electron chi connectivity index (χ2n) is 5.80. The standard InChI is InChI=1S/C17H27ClN4O.HI/c1-19-17(20-10-4-12-23-15-5-2-3-6-15)21-11-9-14-7-8-16(18)22-13-14;/h7-8,13,15H,2-6,9-12H2,1H3,(H2,19,20,21);1H. The second-order valence-corrected chi connectivity index (χ2v) is 6.18. The van der Waals surface area contributed by atoms with E-state index in [1.165, 1.54) is 25.7 Å². The summed E-state index contributed by atoms with van der Waals surface area (Å²) in [5, 5.41) is 7.14. The minimum atomic E-state index is 0. The van der Waals surface area contributed by atoms with Crippen LogP contribution in [0.1, 0.15) is 37.7 Å². The Labute approximate surface area is 167 Å². The molecular formula is C17H28ClIN4O. The van der Waals surface area contributed by atoms with Crippen molar-refractivity contribution in [2.75, 3.05) is 26.7 Å². The first-order valence-corrected chi connectivity index (χ1v) is 8.82. The molecule has 0 aliphatic heterocycles. The van der Waals surface area contributed by atoms with Gasteiger partial charge in [0.15, 0.2) is 5.96 Å². The molecule has 1 aromatic heterocycles. The van der Waals surface area contributed by atoms with E-state index in [4.69, 9.17) is 16.3 Å². The number of aliphatic imine (C=N–C) groups is 1. The topological polar surface area (TPSA) is 58.5 Å². The lowest BCUT2D eigenvalue weighted by atomic mass is 10.2. The first-order valence-electron chi connectivity index (χ1n) is 8.44. The van der Waals surface area contributed by atoms with Gasteiger partial charge in [-0.25, -0.2) is 4.98 Å². The minimum absolute atomic E-state index is 0. The molecule has 1 aliphatic rings. The molecule has 0 unspecified atom stereocenters. The Hall–Kier alpha value is -0.600. The van der Waals surface area contributed by atoms with Crippen LogP contribution in [0.2, 0.25) is 5.15 Å². The molecule has 5 nitrogen and oxygen atoms in total. The normalized spacial score (nSPS) is 15.2. The Morgan fingerprint density at radius 2 is 2.04 bits per heavy atom. The number of halogens is 2. The summed E-state index contributed by atoms with van der Waals surface area (Å²) in [6.45, 7) is 2.50. The number of nitrogens with one attached hydrogen (secondary N) is 2. The van der Waals surface area contributed by atoms with Crippen molar-refractivity contribution in [1.82, 2.24) is 15.6 Å². The molecular weight excluding hydrogens is 439 g/mol. The third-order valence-corrected chi connectivity index (χ3v) is 4.21. The summed E-state index contributed by atoms with van der Waals surface area (Å²) in [4.78, 5) is 8.30. The van der Waals surface area contributed by atoms with Crippen molar-refractivity contribution in [2.24, 2.45) is 4.99 Å². The summed E-state index contributed by atoms with van der Waals surface area (Å²) in [7, 11) is 1.79. The zero-order chi connectivity index (χ0) is 16.3. The molecule has 7 heteroatoms. The van der Waals surface area contributed by atoms with Gasteiger partial charge in [-0.3, -0.25) is 4.99 Å². The summed E-state index contributed by atoms with van der Waals surface area (Å²) < 4.78 is 5.85. The molecule has 1 fully saturated rings. The fourth-order valence-electron chi connectivity index (χ4n) is 2.68. The molecule has 1 aromatic rings. The Morgan fingerprint density at radius 3 is 2.71 bits per heavy atom. The summed E-state index contributed by atoms with van der Waals surface area (Å²) in [5.41, 5.74) is 1.15. The van der Waals surface area contributed by atoms with Gasteiger partial charge < -0.3 is 15.4 Å².